The molecule has 1 atom stereocenters. The van der Waals surface area contributed by atoms with Gasteiger partial charge in [0.2, 0.25) is 0 Å². The van der Waals surface area contributed by atoms with Crippen LogP contribution in [0.5, 0.6) is 0 Å². The number of hydrogen-bond donors (Lipinski definition) is 1. The molecule has 1 N–H and O–H groups in total. The maximum atomic E-state index is 9.89. The first-order chi connectivity index (χ1) is 3.85. The molecule has 0 radical (unpaired) electrons. The third-order valence-electron chi connectivity index (χ3n) is 0.868. The number of ether oxygens (including phenoxy) is 1. The Hall–Kier alpha value is -0.410. The van der Waals surface area contributed by atoms with E-state index in [1.807, 2.05) is 0 Å². The van der Waals surface area contributed by atoms with E-state index in [9.17, 15) is 4.79 Å². The lowest BCUT2D eigenvalue weighted by atomic mass is 10.3. The highest BCUT2D eigenvalue weighted by molar-refractivity contribution is 5.55. The first-order valence-electron chi connectivity index (χ1n) is 2.44. The lowest BCUT2D eigenvalue weighted by molar-refractivity contribution is -0.117. The lowest BCUT2D eigenvalue weighted by Gasteiger charge is -2.02. The van der Waals surface area contributed by atoms with E-state index in [0.717, 1.165) is 0 Å². The van der Waals surface area contributed by atoms with Gasteiger partial charge in [-0.25, -0.2) is 0 Å². The van der Waals surface area contributed by atoms with Crippen LogP contribution >= 0.6 is 0 Å². The molecule has 0 bridgehead atoms. The van der Waals surface area contributed by atoms with E-state index in [1.54, 1.807) is 0 Å². The van der Waals surface area contributed by atoms with Crippen molar-refractivity contribution in [2.45, 2.75) is 12.5 Å². The minimum Gasteiger partial charge on any atom is -0.396 e. The van der Waals surface area contributed by atoms with Crippen LogP contribution in [0.4, 0.5) is 0 Å². The Morgan fingerprint density at radius 1 is 1.88 bits per heavy atom. The average molecular weight is 118 g/mol. The molecule has 0 rings (SSSR count). The Labute approximate surface area is 48.3 Å². The molecule has 3 heteroatoms. The van der Waals surface area contributed by atoms with E-state index in [2.05, 4.69) is 4.74 Å². The zero-order valence-corrected chi connectivity index (χ0v) is 4.83. The number of methoxy groups -OCH3 is 1. The number of aliphatic hydroxyl groups excluding tert-OH is 1. The predicted molar refractivity (Wildman–Crippen MR) is 28.6 cm³/mol. The maximum absolute atomic E-state index is 9.89. The molecule has 0 aliphatic rings. The quantitative estimate of drug-likeness (QED) is 0.510. The molecule has 1 unspecified atom stereocenters. The van der Waals surface area contributed by atoms with Crippen molar-refractivity contribution in [3.8, 4) is 0 Å². The van der Waals surface area contributed by atoms with Crippen molar-refractivity contribution < 1.29 is 14.6 Å². The summed E-state index contributed by atoms with van der Waals surface area (Å²) in [5, 5.41) is 8.26. The van der Waals surface area contributed by atoms with E-state index < -0.39 is 6.10 Å². The average Bonchev–Trinajstić information content (AvgIpc) is 1.83. The molecule has 3 nitrogen and oxygen atoms in total. The zero-order chi connectivity index (χ0) is 6.41. The molecule has 0 aromatic heterocycles. The van der Waals surface area contributed by atoms with Gasteiger partial charge in [-0.1, -0.05) is 0 Å². The molecule has 0 saturated carbocycles. The smallest absolute Gasteiger partial charge is 0.148 e. The van der Waals surface area contributed by atoms with Crippen LogP contribution in [-0.2, 0) is 9.53 Å². The van der Waals surface area contributed by atoms with Crippen molar-refractivity contribution in [3.63, 3.8) is 0 Å². The molecular weight excluding hydrogens is 108 g/mol. The summed E-state index contributed by atoms with van der Waals surface area (Å²) in [7, 11) is 1.44. The molecule has 0 aromatic rings. The van der Waals surface area contributed by atoms with Gasteiger partial charge in [-0.2, -0.15) is 0 Å². The number of rotatable bonds is 4. The van der Waals surface area contributed by atoms with Crippen LogP contribution in [0.3, 0.4) is 0 Å². The Bertz CT molecular complexity index is 62.7. The lowest BCUT2D eigenvalue weighted by Crippen LogP contribution is -2.13. The van der Waals surface area contributed by atoms with Crippen molar-refractivity contribution in [1.29, 1.82) is 0 Å². The number of carbonyl (C=O) groups excluding carboxylic acids is 1. The van der Waals surface area contributed by atoms with Crippen LogP contribution in [0.2, 0.25) is 0 Å². The molecule has 0 saturated heterocycles. The Balaban J connectivity index is 3.21. The molecule has 48 valence electrons. The second-order valence-electron chi connectivity index (χ2n) is 1.42. The molecule has 0 amide bonds. The summed E-state index contributed by atoms with van der Waals surface area (Å²) in [5.41, 5.74) is 0. The molecule has 0 heterocycles. The third-order valence-corrected chi connectivity index (χ3v) is 0.868. The Morgan fingerprint density at radius 2 is 2.50 bits per heavy atom. The number of carbonyl (C=O) groups is 1. The largest absolute Gasteiger partial charge is 0.396 e. The van der Waals surface area contributed by atoms with Crippen LogP contribution in [-0.4, -0.2) is 31.2 Å². The highest BCUT2D eigenvalue weighted by Gasteiger charge is 2.01. The molecule has 0 fully saturated rings. The zero-order valence-electron chi connectivity index (χ0n) is 4.83. The summed E-state index contributed by atoms with van der Waals surface area (Å²) >= 11 is 0. The SMILES string of the molecule is COC(C=O)CCO. The topological polar surface area (TPSA) is 46.5 Å². The minimum absolute atomic E-state index is 0.00273. The highest BCUT2D eigenvalue weighted by atomic mass is 16.5. The fraction of sp³-hybridized carbons (Fsp3) is 0.800. The van der Waals surface area contributed by atoms with Crippen molar-refractivity contribution >= 4 is 6.29 Å². The van der Waals surface area contributed by atoms with Gasteiger partial charge in [-0.05, 0) is 0 Å². The summed E-state index contributed by atoms with van der Waals surface area (Å²) in [6.45, 7) is -0.00273. The van der Waals surface area contributed by atoms with E-state index in [4.69, 9.17) is 5.11 Å². The molecular formula is C5H10O3. The molecule has 0 aromatic carbocycles. The second kappa shape index (κ2) is 4.74. The van der Waals surface area contributed by atoms with Crippen molar-refractivity contribution in [2.75, 3.05) is 13.7 Å². The van der Waals surface area contributed by atoms with E-state index >= 15 is 0 Å². The van der Waals surface area contributed by atoms with Gasteiger partial charge in [-0.15, -0.1) is 0 Å². The van der Waals surface area contributed by atoms with Gasteiger partial charge >= 0.3 is 0 Å². The van der Waals surface area contributed by atoms with Gasteiger partial charge in [0.15, 0.2) is 0 Å². The highest BCUT2D eigenvalue weighted by Crippen LogP contribution is 1.89. The van der Waals surface area contributed by atoms with Crippen molar-refractivity contribution in [2.24, 2.45) is 0 Å². The van der Waals surface area contributed by atoms with Gasteiger partial charge in [0.05, 0.1) is 0 Å². The van der Waals surface area contributed by atoms with Crippen molar-refractivity contribution in [3.05, 3.63) is 0 Å². The fourth-order valence-corrected chi connectivity index (χ4v) is 0.369. The van der Waals surface area contributed by atoms with Gasteiger partial charge in [0.25, 0.3) is 0 Å². The monoisotopic (exact) mass is 118 g/mol. The molecule has 0 aliphatic carbocycles. The minimum atomic E-state index is -0.431. The van der Waals surface area contributed by atoms with Crippen LogP contribution in [0, 0.1) is 0 Å². The van der Waals surface area contributed by atoms with E-state index in [-0.39, 0.29) is 6.61 Å². The molecule has 0 spiro atoms. The van der Waals surface area contributed by atoms with Crippen LogP contribution < -0.4 is 0 Å². The Morgan fingerprint density at radius 3 is 2.62 bits per heavy atom. The maximum Gasteiger partial charge on any atom is 0.148 e. The first kappa shape index (κ1) is 7.59. The van der Waals surface area contributed by atoms with Crippen LogP contribution in [0.1, 0.15) is 6.42 Å². The van der Waals surface area contributed by atoms with Gasteiger partial charge < -0.3 is 14.6 Å². The van der Waals surface area contributed by atoms with Crippen molar-refractivity contribution in [1.82, 2.24) is 0 Å². The van der Waals surface area contributed by atoms with Gasteiger partial charge in [-0.3, -0.25) is 0 Å². The predicted octanol–water partition coefficient (Wildman–Crippen LogP) is -0.417. The van der Waals surface area contributed by atoms with E-state index in [0.29, 0.717) is 12.7 Å². The van der Waals surface area contributed by atoms with Gasteiger partial charge in [0, 0.05) is 20.1 Å². The van der Waals surface area contributed by atoms with Crippen LogP contribution in [0.15, 0.2) is 0 Å². The standard InChI is InChI=1S/C5H10O3/c1-8-5(4-7)2-3-6/h4-6H,2-3H2,1H3. The summed E-state index contributed by atoms with van der Waals surface area (Å²) in [6, 6.07) is 0. The third kappa shape index (κ3) is 2.71. The Kier molecular flexibility index (Phi) is 4.50. The van der Waals surface area contributed by atoms with E-state index in [1.165, 1.54) is 7.11 Å². The first-order valence-corrected chi connectivity index (χ1v) is 2.44. The summed E-state index contributed by atoms with van der Waals surface area (Å²) in [6.07, 6.45) is 0.635. The van der Waals surface area contributed by atoms with Crippen LogP contribution in [0.25, 0.3) is 0 Å². The summed E-state index contributed by atoms with van der Waals surface area (Å²) in [5.74, 6) is 0. The number of hydrogen-bond acceptors (Lipinski definition) is 3. The summed E-state index contributed by atoms with van der Waals surface area (Å²) < 4.78 is 4.61. The fourth-order valence-electron chi connectivity index (χ4n) is 0.369. The molecule has 0 aliphatic heterocycles. The number of aliphatic hydroxyl groups is 1. The second-order valence-corrected chi connectivity index (χ2v) is 1.42. The molecule has 8 heavy (non-hydrogen) atoms. The summed E-state index contributed by atoms with van der Waals surface area (Å²) in [4.78, 5) is 9.89. The number of aldehydes is 1. The van der Waals surface area contributed by atoms with Gasteiger partial charge in [0.1, 0.15) is 12.4 Å². The normalized spacial score (nSPS) is 13.2.